The van der Waals surface area contributed by atoms with Gasteiger partial charge in [0, 0.05) is 0 Å². The van der Waals surface area contributed by atoms with Crippen molar-refractivity contribution in [3.05, 3.63) is 3.95 Å². The van der Waals surface area contributed by atoms with E-state index in [0.29, 0.717) is 0 Å². The van der Waals surface area contributed by atoms with Crippen molar-refractivity contribution in [2.45, 2.75) is 6.18 Å². The number of H-pyrrole nitrogens is 1. The number of hydrogen-bond donors (Lipinski definition) is 2. The fourth-order valence-electron chi connectivity index (χ4n) is 0.451. The Labute approximate surface area is 78.8 Å². The van der Waals surface area contributed by atoms with Crippen molar-refractivity contribution in [1.29, 1.82) is 0 Å². The molecule has 0 aliphatic heterocycles. The molecule has 1 aromatic rings. The second-order valence-electron chi connectivity index (χ2n) is 1.87. The molecule has 0 radical (unpaired) electrons. The first kappa shape index (κ1) is 10.1. The lowest BCUT2D eigenvalue weighted by Crippen LogP contribution is -2.29. The minimum atomic E-state index is -4.91. The molecule has 0 fully saturated rings. The van der Waals surface area contributed by atoms with E-state index in [1.807, 2.05) is 0 Å². The summed E-state index contributed by atoms with van der Waals surface area (Å²) in [5, 5.41) is 6.90. The zero-order chi connectivity index (χ0) is 10.1. The highest BCUT2D eigenvalue weighted by Gasteiger charge is 2.39. The summed E-state index contributed by atoms with van der Waals surface area (Å²) in [6, 6.07) is 0. The Morgan fingerprint density at radius 3 is 2.62 bits per heavy atom. The largest absolute Gasteiger partial charge is 0.471 e. The van der Waals surface area contributed by atoms with Gasteiger partial charge in [0.05, 0.1) is 0 Å². The highest BCUT2D eigenvalue weighted by Crippen LogP contribution is 2.19. The van der Waals surface area contributed by atoms with Crippen molar-refractivity contribution < 1.29 is 18.0 Å². The van der Waals surface area contributed by atoms with Crippen molar-refractivity contribution in [2.75, 3.05) is 5.32 Å². The second kappa shape index (κ2) is 3.42. The third-order valence-corrected chi connectivity index (χ3v) is 1.92. The van der Waals surface area contributed by atoms with Gasteiger partial charge >= 0.3 is 12.1 Å². The van der Waals surface area contributed by atoms with Gasteiger partial charge in [-0.3, -0.25) is 15.2 Å². The summed E-state index contributed by atoms with van der Waals surface area (Å²) in [5.74, 6) is -2.06. The van der Waals surface area contributed by atoms with Gasteiger partial charge < -0.3 is 0 Å². The molecule has 4 nitrogen and oxygen atoms in total. The average Bonchev–Trinajstić information content (AvgIpc) is 2.33. The van der Waals surface area contributed by atoms with Gasteiger partial charge in [-0.15, -0.1) is 5.10 Å². The van der Waals surface area contributed by atoms with E-state index in [0.717, 1.165) is 11.3 Å². The predicted octanol–water partition coefficient (Wildman–Crippen LogP) is 1.70. The van der Waals surface area contributed by atoms with Crippen LogP contribution in [0.3, 0.4) is 0 Å². The zero-order valence-electron chi connectivity index (χ0n) is 5.81. The number of amides is 1. The Bertz CT molecular complexity index is 367. The molecule has 13 heavy (non-hydrogen) atoms. The highest BCUT2D eigenvalue weighted by atomic mass is 32.1. The van der Waals surface area contributed by atoms with Gasteiger partial charge in [0.15, 0.2) is 3.95 Å². The van der Waals surface area contributed by atoms with E-state index in [2.05, 4.69) is 22.4 Å². The number of hydrogen-bond acceptors (Lipinski definition) is 4. The smallest absolute Gasteiger partial charge is 0.293 e. The van der Waals surface area contributed by atoms with Crippen LogP contribution in [0.4, 0.5) is 18.3 Å². The van der Waals surface area contributed by atoms with E-state index >= 15 is 0 Å². The SMILES string of the molecule is O=C(Nc1n[nH]c(=S)s1)C(F)(F)F. The number of halogens is 3. The first-order valence-electron chi connectivity index (χ1n) is 2.83. The maximum absolute atomic E-state index is 11.7. The molecule has 0 aliphatic carbocycles. The molecular formula is C4H2F3N3OS2. The lowest BCUT2D eigenvalue weighted by molar-refractivity contribution is -0.167. The summed E-state index contributed by atoms with van der Waals surface area (Å²) in [6.45, 7) is 0. The standard InChI is InChI=1S/C4H2F3N3OS2/c5-4(6,7)1(11)8-2-9-10-3(12)13-2/h(H,10,12)(H,8,9,11). The molecule has 1 rings (SSSR count). The second-order valence-corrected chi connectivity index (χ2v) is 3.54. The zero-order valence-corrected chi connectivity index (χ0v) is 7.44. The van der Waals surface area contributed by atoms with Crippen LogP contribution in [0.5, 0.6) is 0 Å². The molecule has 0 atom stereocenters. The summed E-state index contributed by atoms with van der Waals surface area (Å²) in [6.07, 6.45) is -4.91. The monoisotopic (exact) mass is 229 g/mol. The molecule has 72 valence electrons. The van der Waals surface area contributed by atoms with Crippen molar-refractivity contribution in [3.63, 3.8) is 0 Å². The highest BCUT2D eigenvalue weighted by molar-refractivity contribution is 7.73. The summed E-state index contributed by atoms with van der Waals surface area (Å²) >= 11 is 5.30. The van der Waals surface area contributed by atoms with Crippen LogP contribution in [0.2, 0.25) is 0 Å². The molecule has 0 saturated carbocycles. The molecular weight excluding hydrogens is 227 g/mol. The number of aromatic nitrogens is 2. The van der Waals surface area contributed by atoms with Crippen molar-refractivity contribution in [1.82, 2.24) is 10.2 Å². The predicted molar refractivity (Wildman–Crippen MR) is 42.0 cm³/mol. The molecule has 0 spiro atoms. The number of alkyl halides is 3. The van der Waals surface area contributed by atoms with E-state index in [4.69, 9.17) is 0 Å². The Kier molecular flexibility index (Phi) is 2.66. The first-order valence-corrected chi connectivity index (χ1v) is 4.06. The van der Waals surface area contributed by atoms with E-state index in [1.54, 1.807) is 5.32 Å². The quantitative estimate of drug-likeness (QED) is 0.720. The summed E-state index contributed by atoms with van der Waals surface area (Å²) < 4.78 is 35.2. The van der Waals surface area contributed by atoms with Crippen LogP contribution in [0.1, 0.15) is 0 Å². The molecule has 9 heteroatoms. The first-order chi connectivity index (χ1) is 5.89. The molecule has 1 amide bonds. The van der Waals surface area contributed by atoms with Crippen molar-refractivity contribution in [3.8, 4) is 0 Å². The number of nitrogens with zero attached hydrogens (tertiary/aromatic N) is 1. The minimum Gasteiger partial charge on any atom is -0.293 e. The molecule has 0 bridgehead atoms. The number of aromatic amines is 1. The molecule has 1 aromatic heterocycles. The van der Waals surface area contributed by atoms with Gasteiger partial charge in [0.1, 0.15) is 0 Å². The Balaban J connectivity index is 2.71. The number of nitrogens with one attached hydrogen (secondary N) is 2. The normalized spacial score (nSPS) is 11.3. The lowest BCUT2D eigenvalue weighted by atomic mass is 10.6. The van der Waals surface area contributed by atoms with Gasteiger partial charge in [-0.05, 0) is 12.2 Å². The number of rotatable bonds is 1. The molecule has 0 unspecified atom stereocenters. The van der Waals surface area contributed by atoms with E-state index < -0.39 is 12.1 Å². The topological polar surface area (TPSA) is 57.8 Å². The Morgan fingerprint density at radius 2 is 2.23 bits per heavy atom. The van der Waals surface area contributed by atoms with Crippen LogP contribution in [0.15, 0.2) is 0 Å². The van der Waals surface area contributed by atoms with Gasteiger partial charge in [-0.25, -0.2) is 0 Å². The molecule has 0 aliphatic rings. The van der Waals surface area contributed by atoms with Crippen LogP contribution < -0.4 is 5.32 Å². The van der Waals surface area contributed by atoms with Gasteiger partial charge in [0.25, 0.3) is 0 Å². The maximum Gasteiger partial charge on any atom is 0.471 e. The van der Waals surface area contributed by atoms with Crippen LogP contribution in [-0.4, -0.2) is 22.3 Å². The molecule has 2 N–H and O–H groups in total. The van der Waals surface area contributed by atoms with E-state index in [-0.39, 0.29) is 9.09 Å². The number of carbonyl (C=O) groups is 1. The van der Waals surface area contributed by atoms with E-state index in [9.17, 15) is 18.0 Å². The third-order valence-electron chi connectivity index (χ3n) is 0.916. The summed E-state index contributed by atoms with van der Waals surface area (Å²) in [7, 11) is 0. The van der Waals surface area contributed by atoms with Crippen molar-refractivity contribution in [2.24, 2.45) is 0 Å². The number of anilines is 1. The maximum atomic E-state index is 11.7. The fourth-order valence-corrected chi connectivity index (χ4v) is 1.24. The fraction of sp³-hybridized carbons (Fsp3) is 0.250. The molecule has 0 aromatic carbocycles. The molecule has 1 heterocycles. The summed E-state index contributed by atoms with van der Waals surface area (Å²) in [4.78, 5) is 10.3. The lowest BCUT2D eigenvalue weighted by Gasteiger charge is -2.03. The van der Waals surface area contributed by atoms with Gasteiger partial charge in [-0.1, -0.05) is 11.3 Å². The van der Waals surface area contributed by atoms with Crippen LogP contribution in [0.25, 0.3) is 0 Å². The Hall–Kier alpha value is -0.960. The van der Waals surface area contributed by atoms with Crippen LogP contribution in [-0.2, 0) is 4.79 Å². The van der Waals surface area contributed by atoms with Gasteiger partial charge in [-0.2, -0.15) is 13.2 Å². The van der Waals surface area contributed by atoms with E-state index in [1.165, 1.54) is 0 Å². The number of carbonyl (C=O) groups excluding carboxylic acids is 1. The van der Waals surface area contributed by atoms with Crippen LogP contribution in [0, 0.1) is 3.95 Å². The van der Waals surface area contributed by atoms with Gasteiger partial charge in [0.2, 0.25) is 5.13 Å². The average molecular weight is 229 g/mol. The third kappa shape index (κ3) is 2.77. The van der Waals surface area contributed by atoms with Crippen LogP contribution >= 0.6 is 23.6 Å². The van der Waals surface area contributed by atoms with Crippen molar-refractivity contribution >= 4 is 34.6 Å². The minimum absolute atomic E-state index is 0.192. The summed E-state index contributed by atoms with van der Waals surface area (Å²) in [5.41, 5.74) is 0. The molecule has 0 saturated heterocycles. The Morgan fingerprint density at radius 1 is 1.62 bits per heavy atom.